The zero-order valence-corrected chi connectivity index (χ0v) is 17.1. The highest BCUT2D eigenvalue weighted by Crippen LogP contribution is 2.40. The minimum Gasteiger partial charge on any atom is -0.507 e. The van der Waals surface area contributed by atoms with Gasteiger partial charge in [-0.2, -0.15) is 0 Å². The Morgan fingerprint density at radius 3 is 2.00 bits per heavy atom. The lowest BCUT2D eigenvalue weighted by atomic mass is 9.78. The van der Waals surface area contributed by atoms with Crippen LogP contribution in [0.5, 0.6) is 5.75 Å². The van der Waals surface area contributed by atoms with Crippen molar-refractivity contribution in [2.24, 2.45) is 0 Å². The fourth-order valence-corrected chi connectivity index (χ4v) is 4.16. The molecule has 1 aromatic carbocycles. The zero-order chi connectivity index (χ0) is 19.2. The zero-order valence-electron chi connectivity index (χ0n) is 16.3. The van der Waals surface area contributed by atoms with Gasteiger partial charge in [0.15, 0.2) is 0 Å². The van der Waals surface area contributed by atoms with Crippen molar-refractivity contribution >= 4 is 22.8 Å². The van der Waals surface area contributed by atoms with E-state index in [4.69, 9.17) is 0 Å². The van der Waals surface area contributed by atoms with Gasteiger partial charge in [-0.1, -0.05) is 41.5 Å². The number of nitrogens with zero attached hydrogens (tertiary/aromatic N) is 1. The fourth-order valence-electron chi connectivity index (χ4n) is 2.88. The van der Waals surface area contributed by atoms with E-state index in [9.17, 15) is 14.1 Å². The Balaban J connectivity index is 2.68. The topological polar surface area (TPSA) is 57.6 Å². The molecule has 0 bridgehead atoms. The number of aromatic hydroxyl groups is 1. The summed E-state index contributed by atoms with van der Waals surface area (Å²) < 4.78 is 12.3. The van der Waals surface area contributed by atoms with Gasteiger partial charge < -0.3 is 10.0 Å². The lowest BCUT2D eigenvalue weighted by Crippen LogP contribution is -2.38. The van der Waals surface area contributed by atoms with Crippen LogP contribution in [0, 0.1) is 0 Å². The summed E-state index contributed by atoms with van der Waals surface area (Å²) in [5, 5.41) is 10.8. The third kappa shape index (κ3) is 4.14. The first-order valence-corrected chi connectivity index (χ1v) is 9.88. The van der Waals surface area contributed by atoms with Crippen molar-refractivity contribution in [1.29, 1.82) is 0 Å². The van der Waals surface area contributed by atoms with Gasteiger partial charge in [-0.05, 0) is 34.6 Å². The first-order valence-electron chi connectivity index (χ1n) is 8.56. The quantitative estimate of drug-likeness (QED) is 0.776. The second-order valence-electron chi connectivity index (χ2n) is 8.75. The van der Waals surface area contributed by atoms with Crippen molar-refractivity contribution in [2.45, 2.75) is 52.4 Å². The lowest BCUT2D eigenvalue weighted by molar-refractivity contribution is -0.125. The molecule has 1 fully saturated rings. The summed E-state index contributed by atoms with van der Waals surface area (Å²) in [6, 6.07) is 3.80. The average Bonchev–Trinajstić information content (AvgIpc) is 2.46. The van der Waals surface area contributed by atoms with E-state index >= 15 is 0 Å². The van der Waals surface area contributed by atoms with Gasteiger partial charge in [0, 0.05) is 30.5 Å². The smallest absolute Gasteiger partial charge is 0.262 e. The van der Waals surface area contributed by atoms with E-state index in [0.29, 0.717) is 23.0 Å². The number of phenols is 1. The predicted octanol–water partition coefficient (Wildman–Crippen LogP) is 3.55. The summed E-state index contributed by atoms with van der Waals surface area (Å²) in [6.07, 6.45) is 1.72. The van der Waals surface area contributed by atoms with Crippen molar-refractivity contribution in [3.63, 3.8) is 0 Å². The molecule has 1 N–H and O–H groups in total. The molecule has 138 valence electrons. The Morgan fingerprint density at radius 2 is 1.56 bits per heavy atom. The number of carbonyl (C=O) groups is 1. The van der Waals surface area contributed by atoms with E-state index < -0.39 is 10.8 Å². The molecule has 0 radical (unpaired) electrons. The van der Waals surface area contributed by atoms with Gasteiger partial charge in [0.2, 0.25) is 0 Å². The highest BCUT2D eigenvalue weighted by molar-refractivity contribution is 7.90. The molecular formula is C20H29NO3S. The van der Waals surface area contributed by atoms with Crippen molar-refractivity contribution in [3.05, 3.63) is 33.7 Å². The molecule has 2 rings (SSSR count). The van der Waals surface area contributed by atoms with Crippen LogP contribution in [-0.4, -0.2) is 39.5 Å². The molecule has 25 heavy (non-hydrogen) atoms. The Bertz CT molecular complexity index is 716. The monoisotopic (exact) mass is 363 g/mol. The number of likely N-dealkylation sites (N-methyl/N-ethyl adjacent to an activating group) is 1. The second-order valence-corrected chi connectivity index (χ2v) is 10.3. The highest BCUT2D eigenvalue weighted by atomic mass is 32.2. The Hall–Kier alpha value is -1.62. The van der Waals surface area contributed by atoms with Crippen LogP contribution in [0.1, 0.15) is 58.2 Å². The maximum Gasteiger partial charge on any atom is 0.262 e. The highest BCUT2D eigenvalue weighted by Gasteiger charge is 2.29. The number of phenolic OH excluding ortho intramolecular Hbond substituents is 1. The maximum atomic E-state index is 12.4. The first-order chi connectivity index (χ1) is 11.3. The number of amides is 1. The maximum absolute atomic E-state index is 12.4. The van der Waals surface area contributed by atoms with Crippen LogP contribution in [0.2, 0.25) is 0 Å². The van der Waals surface area contributed by atoms with Gasteiger partial charge in [-0.3, -0.25) is 9.00 Å². The van der Waals surface area contributed by atoms with Gasteiger partial charge in [0.1, 0.15) is 10.7 Å². The standard InChI is InChI=1S/C20H29NO3S/c1-19(2,3)14-10-13(11-15(17(14)22)20(4,5)6)12-16-18(23)21(7)8-9-25(16)24/h10-12,22H,8-9H2,1-7H3/b16-12+. The second kappa shape index (κ2) is 6.60. The molecule has 1 atom stereocenters. The number of rotatable bonds is 1. The van der Waals surface area contributed by atoms with E-state index in [0.717, 1.165) is 16.7 Å². The SMILES string of the molecule is CN1CCS(=O)/C(=C/c2cc(C(C)(C)C)c(O)c(C(C)(C)C)c2)C1=O. The summed E-state index contributed by atoms with van der Waals surface area (Å²) in [4.78, 5) is 14.3. The molecule has 1 heterocycles. The van der Waals surface area contributed by atoms with E-state index in [1.54, 1.807) is 18.0 Å². The molecule has 4 nitrogen and oxygen atoms in total. The summed E-state index contributed by atoms with van der Waals surface area (Å²) in [6.45, 7) is 12.8. The molecule has 5 heteroatoms. The van der Waals surface area contributed by atoms with Crippen LogP contribution >= 0.6 is 0 Å². The van der Waals surface area contributed by atoms with Gasteiger partial charge in [-0.25, -0.2) is 0 Å². The van der Waals surface area contributed by atoms with E-state index in [1.807, 2.05) is 53.7 Å². The third-order valence-electron chi connectivity index (χ3n) is 4.46. The minimum absolute atomic E-state index is 0.188. The molecule has 1 unspecified atom stereocenters. The largest absolute Gasteiger partial charge is 0.507 e. The molecule has 1 aliphatic rings. The Kier molecular flexibility index (Phi) is 5.20. The van der Waals surface area contributed by atoms with Crippen LogP contribution in [0.3, 0.4) is 0 Å². The molecule has 0 aliphatic carbocycles. The molecule has 0 spiro atoms. The summed E-state index contributed by atoms with van der Waals surface area (Å²) in [5.74, 6) is 0.576. The fraction of sp³-hybridized carbons (Fsp3) is 0.550. The Labute approximate surface area is 153 Å². The van der Waals surface area contributed by atoms with Gasteiger partial charge in [0.05, 0.1) is 10.8 Å². The Morgan fingerprint density at radius 1 is 1.08 bits per heavy atom. The minimum atomic E-state index is -1.28. The number of hydrogen-bond acceptors (Lipinski definition) is 3. The van der Waals surface area contributed by atoms with Crippen LogP contribution in [0.25, 0.3) is 6.08 Å². The summed E-state index contributed by atoms with van der Waals surface area (Å²) in [7, 11) is 0.444. The van der Waals surface area contributed by atoms with E-state index in [1.165, 1.54) is 0 Å². The van der Waals surface area contributed by atoms with Crippen LogP contribution in [-0.2, 0) is 26.4 Å². The van der Waals surface area contributed by atoms with Crippen LogP contribution < -0.4 is 0 Å². The van der Waals surface area contributed by atoms with E-state index in [2.05, 4.69) is 0 Å². The first kappa shape index (κ1) is 19.7. The third-order valence-corrected chi connectivity index (χ3v) is 5.80. The molecule has 1 aliphatic heterocycles. The van der Waals surface area contributed by atoms with E-state index in [-0.39, 0.29) is 16.7 Å². The molecule has 0 aromatic heterocycles. The van der Waals surface area contributed by atoms with Crippen LogP contribution in [0.15, 0.2) is 17.0 Å². The summed E-state index contributed by atoms with van der Waals surface area (Å²) >= 11 is 0. The van der Waals surface area contributed by atoms with Crippen LogP contribution in [0.4, 0.5) is 0 Å². The molecule has 1 saturated heterocycles. The van der Waals surface area contributed by atoms with Crippen molar-refractivity contribution in [2.75, 3.05) is 19.3 Å². The van der Waals surface area contributed by atoms with Gasteiger partial charge in [0.25, 0.3) is 5.91 Å². The summed E-state index contributed by atoms with van der Waals surface area (Å²) in [5.41, 5.74) is 1.97. The van der Waals surface area contributed by atoms with Gasteiger partial charge in [-0.15, -0.1) is 0 Å². The lowest BCUT2D eigenvalue weighted by Gasteiger charge is -2.28. The van der Waals surface area contributed by atoms with Crippen molar-refractivity contribution in [3.8, 4) is 5.75 Å². The van der Waals surface area contributed by atoms with Crippen molar-refractivity contribution in [1.82, 2.24) is 4.90 Å². The average molecular weight is 364 g/mol. The molecule has 1 amide bonds. The molecule has 1 aromatic rings. The molecule has 0 saturated carbocycles. The number of hydrogen-bond donors (Lipinski definition) is 1. The molecular weight excluding hydrogens is 334 g/mol. The number of carbonyl (C=O) groups excluding carboxylic acids is 1. The predicted molar refractivity (Wildman–Crippen MR) is 104 cm³/mol. The number of benzene rings is 1. The van der Waals surface area contributed by atoms with Crippen molar-refractivity contribution < 1.29 is 14.1 Å². The van der Waals surface area contributed by atoms with Gasteiger partial charge >= 0.3 is 0 Å². The normalized spacial score (nSPS) is 21.1.